The van der Waals surface area contributed by atoms with Gasteiger partial charge < -0.3 is 0 Å². The molecule has 0 atom stereocenters. The van der Waals surface area contributed by atoms with E-state index in [1.807, 2.05) is 6.92 Å². The van der Waals surface area contributed by atoms with Crippen molar-refractivity contribution in [2.45, 2.75) is 6.92 Å². The molecule has 0 unspecified atom stereocenters. The molecule has 0 bridgehead atoms. The SMILES string of the molecule is Cc1ncn(Br)n1. The van der Waals surface area contributed by atoms with Gasteiger partial charge in [-0.3, -0.25) is 0 Å². The Balaban J connectivity index is 3.04. The van der Waals surface area contributed by atoms with Crippen LogP contribution < -0.4 is 0 Å². The van der Waals surface area contributed by atoms with Crippen LogP contribution in [0.25, 0.3) is 0 Å². The van der Waals surface area contributed by atoms with Gasteiger partial charge in [0.2, 0.25) is 0 Å². The zero-order chi connectivity index (χ0) is 5.28. The molecule has 0 N–H and O–H groups in total. The fraction of sp³-hybridized carbons (Fsp3) is 0.333. The first-order valence-corrected chi connectivity index (χ1v) is 2.54. The molecular weight excluding hydrogens is 158 g/mol. The van der Waals surface area contributed by atoms with Crippen LogP contribution in [0.15, 0.2) is 6.33 Å². The number of aryl methyl sites for hydroxylation is 1. The molecule has 0 aromatic carbocycles. The number of aromatic nitrogens is 3. The Morgan fingerprint density at radius 1 is 1.86 bits per heavy atom. The smallest absolute Gasteiger partial charge is 0.148 e. The number of halogens is 1. The molecular formula is C3H4BrN3. The molecule has 1 aromatic rings. The maximum absolute atomic E-state index is 3.83. The van der Waals surface area contributed by atoms with Crippen LogP contribution in [0.2, 0.25) is 0 Å². The zero-order valence-corrected chi connectivity index (χ0v) is 5.38. The molecule has 4 heteroatoms. The van der Waals surface area contributed by atoms with Gasteiger partial charge in [0.05, 0.1) is 16.1 Å². The fourth-order valence-corrected chi connectivity index (χ4v) is 0.642. The van der Waals surface area contributed by atoms with E-state index in [4.69, 9.17) is 0 Å². The van der Waals surface area contributed by atoms with Crippen molar-refractivity contribution in [3.8, 4) is 0 Å². The van der Waals surface area contributed by atoms with Crippen LogP contribution in [-0.2, 0) is 0 Å². The average molecular weight is 162 g/mol. The van der Waals surface area contributed by atoms with Crippen molar-refractivity contribution in [1.82, 2.24) is 13.8 Å². The van der Waals surface area contributed by atoms with Gasteiger partial charge in [0, 0.05) is 0 Å². The summed E-state index contributed by atoms with van der Waals surface area (Å²) in [6, 6.07) is 0. The molecule has 1 aromatic heterocycles. The molecule has 3 nitrogen and oxygen atoms in total. The highest BCUT2D eigenvalue weighted by Gasteiger charge is 1.85. The van der Waals surface area contributed by atoms with Crippen LogP contribution in [0.3, 0.4) is 0 Å². The molecule has 0 aliphatic heterocycles. The number of hydrogen-bond donors (Lipinski definition) is 0. The van der Waals surface area contributed by atoms with E-state index >= 15 is 0 Å². The third-order valence-corrected chi connectivity index (χ3v) is 0.922. The Kier molecular flexibility index (Phi) is 1.10. The largest absolute Gasteiger partial charge is 0.219 e. The van der Waals surface area contributed by atoms with Gasteiger partial charge in [0.25, 0.3) is 0 Å². The second kappa shape index (κ2) is 1.61. The second-order valence-electron chi connectivity index (χ2n) is 1.18. The third-order valence-electron chi connectivity index (χ3n) is 0.580. The number of rotatable bonds is 0. The van der Waals surface area contributed by atoms with Crippen molar-refractivity contribution >= 4 is 16.1 Å². The first-order valence-electron chi connectivity index (χ1n) is 1.83. The molecule has 0 saturated carbocycles. The van der Waals surface area contributed by atoms with Crippen LogP contribution in [0.4, 0.5) is 0 Å². The summed E-state index contributed by atoms with van der Waals surface area (Å²) in [6.07, 6.45) is 1.59. The Hall–Kier alpha value is -0.380. The predicted molar refractivity (Wildman–Crippen MR) is 29.1 cm³/mol. The van der Waals surface area contributed by atoms with E-state index in [2.05, 4.69) is 26.2 Å². The fourth-order valence-electron chi connectivity index (χ4n) is 0.321. The molecule has 0 aliphatic carbocycles. The molecule has 7 heavy (non-hydrogen) atoms. The van der Waals surface area contributed by atoms with Gasteiger partial charge in [-0.25, -0.2) is 4.98 Å². The van der Waals surface area contributed by atoms with E-state index in [-0.39, 0.29) is 0 Å². The molecule has 0 saturated heterocycles. The summed E-state index contributed by atoms with van der Waals surface area (Å²) in [5, 5.41) is 3.83. The van der Waals surface area contributed by atoms with Gasteiger partial charge in [-0.05, 0) is 6.92 Å². The topological polar surface area (TPSA) is 30.7 Å². The molecule has 1 rings (SSSR count). The second-order valence-corrected chi connectivity index (χ2v) is 1.91. The van der Waals surface area contributed by atoms with Gasteiger partial charge in [0.15, 0.2) is 0 Å². The Morgan fingerprint density at radius 3 is 2.71 bits per heavy atom. The van der Waals surface area contributed by atoms with Gasteiger partial charge >= 0.3 is 0 Å². The summed E-state index contributed by atoms with van der Waals surface area (Å²) in [5.74, 6) is 0.775. The van der Waals surface area contributed by atoms with Crippen LogP contribution >= 0.6 is 16.1 Å². The van der Waals surface area contributed by atoms with E-state index in [1.165, 1.54) is 3.71 Å². The maximum Gasteiger partial charge on any atom is 0.148 e. The summed E-state index contributed by atoms with van der Waals surface area (Å²) in [7, 11) is 0. The standard InChI is InChI=1S/C3H4BrN3/c1-3-5-2-7(4)6-3/h2H,1H3. The molecule has 0 fully saturated rings. The summed E-state index contributed by atoms with van der Waals surface area (Å²) < 4.78 is 1.49. The first-order chi connectivity index (χ1) is 3.29. The first kappa shape index (κ1) is 4.77. The van der Waals surface area contributed by atoms with Crippen molar-refractivity contribution in [1.29, 1.82) is 0 Å². The highest BCUT2D eigenvalue weighted by molar-refractivity contribution is 9.08. The van der Waals surface area contributed by atoms with Crippen molar-refractivity contribution in [2.24, 2.45) is 0 Å². The van der Waals surface area contributed by atoms with Crippen LogP contribution in [0.1, 0.15) is 5.82 Å². The zero-order valence-electron chi connectivity index (χ0n) is 3.80. The van der Waals surface area contributed by atoms with Crippen LogP contribution in [-0.4, -0.2) is 13.8 Å². The average Bonchev–Trinajstić information content (AvgIpc) is 1.87. The van der Waals surface area contributed by atoms with E-state index in [0.717, 1.165) is 5.82 Å². The molecule has 0 aliphatic rings. The highest BCUT2D eigenvalue weighted by Crippen LogP contribution is 1.88. The Bertz CT molecular complexity index is 142. The highest BCUT2D eigenvalue weighted by atomic mass is 79.9. The lowest BCUT2D eigenvalue weighted by molar-refractivity contribution is 0.994. The monoisotopic (exact) mass is 161 g/mol. The quantitative estimate of drug-likeness (QED) is 0.563. The lowest BCUT2D eigenvalue weighted by Gasteiger charge is -1.73. The molecule has 0 spiro atoms. The van der Waals surface area contributed by atoms with Crippen molar-refractivity contribution in [3.63, 3.8) is 0 Å². The van der Waals surface area contributed by atoms with Crippen molar-refractivity contribution in [3.05, 3.63) is 12.2 Å². The normalized spacial score (nSPS) is 9.43. The molecule has 0 amide bonds. The lowest BCUT2D eigenvalue weighted by atomic mass is 10.8. The van der Waals surface area contributed by atoms with Gasteiger partial charge in [0.1, 0.15) is 12.2 Å². The predicted octanol–water partition coefficient (Wildman–Crippen LogP) is 0.745. The van der Waals surface area contributed by atoms with E-state index in [9.17, 15) is 0 Å². The summed E-state index contributed by atoms with van der Waals surface area (Å²) in [6.45, 7) is 1.83. The lowest BCUT2D eigenvalue weighted by Crippen LogP contribution is -1.77. The minimum absolute atomic E-state index is 0.775. The summed E-state index contributed by atoms with van der Waals surface area (Å²) in [5.41, 5.74) is 0. The third kappa shape index (κ3) is 0.991. The minimum atomic E-state index is 0.775. The molecule has 38 valence electrons. The van der Waals surface area contributed by atoms with E-state index in [0.29, 0.717) is 0 Å². The molecule has 0 radical (unpaired) electrons. The molecule has 1 heterocycles. The van der Waals surface area contributed by atoms with Crippen molar-refractivity contribution < 1.29 is 0 Å². The van der Waals surface area contributed by atoms with E-state index in [1.54, 1.807) is 6.33 Å². The number of hydrogen-bond acceptors (Lipinski definition) is 2. The van der Waals surface area contributed by atoms with Crippen LogP contribution in [0.5, 0.6) is 0 Å². The summed E-state index contributed by atoms with van der Waals surface area (Å²) >= 11 is 3.08. The van der Waals surface area contributed by atoms with Crippen molar-refractivity contribution in [2.75, 3.05) is 0 Å². The minimum Gasteiger partial charge on any atom is -0.219 e. The van der Waals surface area contributed by atoms with Gasteiger partial charge in [-0.1, -0.05) is 0 Å². The maximum atomic E-state index is 3.83. The number of nitrogens with zero attached hydrogens (tertiary/aromatic N) is 3. The Labute approximate surface area is 49.7 Å². The van der Waals surface area contributed by atoms with Gasteiger partial charge in [-0.15, -0.1) is 5.10 Å². The summed E-state index contributed by atoms with van der Waals surface area (Å²) in [4.78, 5) is 3.82. The van der Waals surface area contributed by atoms with Gasteiger partial charge in [-0.2, -0.15) is 3.71 Å². The van der Waals surface area contributed by atoms with Crippen LogP contribution in [0, 0.1) is 6.92 Å². The Morgan fingerprint density at radius 2 is 2.57 bits per heavy atom. The van der Waals surface area contributed by atoms with E-state index < -0.39 is 0 Å².